The van der Waals surface area contributed by atoms with Crippen LogP contribution in [0.1, 0.15) is 25.1 Å². The van der Waals surface area contributed by atoms with Gasteiger partial charge in [-0.3, -0.25) is 9.78 Å². The van der Waals surface area contributed by atoms with E-state index in [1.165, 1.54) is 19.3 Å². The number of fused-ring (bicyclic) bond motifs is 1. The maximum Gasteiger partial charge on any atom is 0.340 e. The molecule has 1 amide bonds. The van der Waals surface area contributed by atoms with Crippen molar-refractivity contribution in [2.45, 2.75) is 25.8 Å². The van der Waals surface area contributed by atoms with Gasteiger partial charge in [0.15, 0.2) is 0 Å². The Labute approximate surface area is 91.8 Å². The summed E-state index contributed by atoms with van der Waals surface area (Å²) in [7, 11) is 0. The largest absolute Gasteiger partial charge is 0.349 e. The lowest BCUT2D eigenvalue weighted by molar-refractivity contribution is -0.123. The Kier molecular flexibility index (Phi) is 2.08. The van der Waals surface area contributed by atoms with E-state index in [0.29, 0.717) is 24.2 Å². The van der Waals surface area contributed by atoms with Gasteiger partial charge in [-0.05, 0) is 24.7 Å². The Morgan fingerprint density at radius 3 is 2.81 bits per heavy atom. The molecule has 1 heterocycles. The zero-order valence-electron chi connectivity index (χ0n) is 8.82. The molecule has 0 radical (unpaired) electrons. The summed E-state index contributed by atoms with van der Waals surface area (Å²) >= 11 is 0. The second kappa shape index (κ2) is 3.47. The zero-order valence-corrected chi connectivity index (χ0v) is 8.82. The molecule has 2 aliphatic carbocycles. The van der Waals surface area contributed by atoms with Crippen LogP contribution in [0, 0.1) is 17.8 Å². The van der Waals surface area contributed by atoms with Crippen LogP contribution in [0.4, 0.5) is 0 Å². The van der Waals surface area contributed by atoms with Crippen LogP contribution >= 0.6 is 0 Å². The average Bonchev–Trinajstić information content (AvgIpc) is 2.68. The van der Waals surface area contributed by atoms with Gasteiger partial charge in [0.2, 0.25) is 5.91 Å². The number of carbonyl (C=O) groups excluding carboxylic acids is 1. The first-order valence-corrected chi connectivity index (χ1v) is 5.67. The van der Waals surface area contributed by atoms with Crippen molar-refractivity contribution in [1.29, 1.82) is 0 Å². The highest BCUT2D eigenvalue weighted by molar-refractivity contribution is 5.82. The summed E-state index contributed by atoms with van der Waals surface area (Å²) in [4.78, 5) is 25.0. The van der Waals surface area contributed by atoms with Gasteiger partial charge in [-0.15, -0.1) is 0 Å². The molecule has 1 aromatic rings. The van der Waals surface area contributed by atoms with Gasteiger partial charge in [-0.2, -0.15) is 5.10 Å². The Bertz CT molecular complexity index is 453. The predicted octanol–water partition coefficient (Wildman–Crippen LogP) is -0.240. The molecule has 3 rings (SSSR count). The second-order valence-corrected chi connectivity index (χ2v) is 4.63. The van der Waals surface area contributed by atoms with Crippen molar-refractivity contribution in [2.24, 2.45) is 17.8 Å². The van der Waals surface area contributed by atoms with Crippen LogP contribution in [0.5, 0.6) is 0 Å². The summed E-state index contributed by atoms with van der Waals surface area (Å²) in [6.45, 7) is 0.299. The third-order valence-electron chi connectivity index (χ3n) is 3.69. The molecule has 3 N–H and O–H groups in total. The molecule has 6 heteroatoms. The lowest BCUT2D eigenvalue weighted by Gasteiger charge is -2.04. The number of hydrogen-bond acceptors (Lipinski definition) is 3. The maximum atomic E-state index is 11.8. The Hall–Kier alpha value is -1.59. The molecule has 2 aliphatic rings. The Balaban J connectivity index is 1.52. The van der Waals surface area contributed by atoms with Crippen molar-refractivity contribution in [3.63, 3.8) is 0 Å². The monoisotopic (exact) mass is 222 g/mol. The minimum absolute atomic E-state index is 0.110. The minimum Gasteiger partial charge on any atom is -0.349 e. The van der Waals surface area contributed by atoms with E-state index in [0.717, 1.165) is 0 Å². The molecular weight excluding hydrogens is 208 g/mol. The van der Waals surface area contributed by atoms with Gasteiger partial charge in [0.25, 0.3) is 0 Å². The van der Waals surface area contributed by atoms with Crippen molar-refractivity contribution in [2.75, 3.05) is 0 Å². The number of nitrogens with one attached hydrogen (secondary N) is 3. The smallest absolute Gasteiger partial charge is 0.340 e. The number of amides is 1. The molecular formula is C10H14N4O2. The van der Waals surface area contributed by atoms with Crippen LogP contribution in [0.3, 0.4) is 0 Å². The SMILES string of the molecule is O=C(NCc1n[nH]c(=O)[nH]1)C1C2CCCC21. The third-order valence-corrected chi connectivity index (χ3v) is 3.69. The first-order chi connectivity index (χ1) is 7.75. The number of rotatable bonds is 3. The summed E-state index contributed by atoms with van der Waals surface area (Å²) in [5.41, 5.74) is -0.340. The molecule has 1 aromatic heterocycles. The molecule has 16 heavy (non-hydrogen) atoms. The van der Waals surface area contributed by atoms with Crippen molar-refractivity contribution in [3.8, 4) is 0 Å². The van der Waals surface area contributed by atoms with Crippen LogP contribution in [0.15, 0.2) is 4.79 Å². The highest BCUT2D eigenvalue weighted by Crippen LogP contribution is 2.57. The highest BCUT2D eigenvalue weighted by Gasteiger charge is 2.56. The van der Waals surface area contributed by atoms with Gasteiger partial charge in [-0.1, -0.05) is 6.42 Å². The van der Waals surface area contributed by atoms with Crippen molar-refractivity contribution in [3.05, 3.63) is 16.3 Å². The Morgan fingerprint density at radius 2 is 2.19 bits per heavy atom. The summed E-state index contributed by atoms with van der Waals surface area (Å²) in [5.74, 6) is 2.05. The van der Waals surface area contributed by atoms with E-state index in [1.54, 1.807) is 0 Å². The van der Waals surface area contributed by atoms with Crippen LogP contribution in [-0.4, -0.2) is 21.1 Å². The first kappa shape index (κ1) is 9.62. The highest BCUT2D eigenvalue weighted by atomic mass is 16.2. The van der Waals surface area contributed by atoms with Crippen molar-refractivity contribution >= 4 is 5.91 Å². The lowest BCUT2D eigenvalue weighted by atomic mass is 10.1. The number of H-pyrrole nitrogens is 2. The van der Waals surface area contributed by atoms with Crippen molar-refractivity contribution in [1.82, 2.24) is 20.5 Å². The van der Waals surface area contributed by atoms with E-state index in [-0.39, 0.29) is 17.5 Å². The number of carbonyl (C=O) groups is 1. The van der Waals surface area contributed by atoms with Gasteiger partial charge in [0.05, 0.1) is 6.54 Å². The zero-order chi connectivity index (χ0) is 11.1. The number of aromatic nitrogens is 3. The molecule has 2 saturated carbocycles. The number of nitrogens with zero attached hydrogens (tertiary/aromatic N) is 1. The van der Waals surface area contributed by atoms with Crippen molar-refractivity contribution < 1.29 is 4.79 Å². The molecule has 0 aromatic carbocycles. The van der Waals surface area contributed by atoms with Gasteiger partial charge in [0, 0.05) is 5.92 Å². The maximum absolute atomic E-state index is 11.8. The lowest BCUT2D eigenvalue weighted by Crippen LogP contribution is -2.26. The van der Waals surface area contributed by atoms with Gasteiger partial charge in [0.1, 0.15) is 5.82 Å². The van der Waals surface area contributed by atoms with Gasteiger partial charge in [-0.25, -0.2) is 9.89 Å². The molecule has 0 saturated heterocycles. The fourth-order valence-corrected chi connectivity index (χ4v) is 2.89. The molecule has 6 nitrogen and oxygen atoms in total. The van der Waals surface area contributed by atoms with E-state index in [1.807, 2.05) is 0 Å². The van der Waals surface area contributed by atoms with E-state index < -0.39 is 0 Å². The summed E-state index contributed by atoms with van der Waals surface area (Å²) in [6.07, 6.45) is 3.66. The first-order valence-electron chi connectivity index (χ1n) is 5.67. The quantitative estimate of drug-likeness (QED) is 0.659. The van der Waals surface area contributed by atoms with E-state index in [4.69, 9.17) is 0 Å². The summed E-state index contributed by atoms with van der Waals surface area (Å²) in [5, 5.41) is 8.81. The molecule has 2 atom stereocenters. The summed E-state index contributed by atoms with van der Waals surface area (Å²) in [6, 6.07) is 0. The van der Waals surface area contributed by atoms with Crippen LogP contribution < -0.4 is 11.0 Å². The predicted molar refractivity (Wildman–Crippen MR) is 55.4 cm³/mol. The van der Waals surface area contributed by atoms with Crippen LogP contribution in [0.2, 0.25) is 0 Å². The third kappa shape index (κ3) is 1.54. The fraction of sp³-hybridized carbons (Fsp3) is 0.700. The molecule has 0 spiro atoms. The standard InChI is InChI=1S/C10H14N4O2/c15-9(8-5-2-1-3-6(5)8)11-4-7-12-10(16)14-13-7/h5-6,8H,1-4H2,(H,11,15)(H2,12,13,14,16). The number of hydrogen-bond donors (Lipinski definition) is 3. The molecule has 2 unspecified atom stereocenters. The van der Waals surface area contributed by atoms with Crippen LogP contribution in [0.25, 0.3) is 0 Å². The van der Waals surface area contributed by atoms with Gasteiger partial charge >= 0.3 is 5.69 Å². The average molecular weight is 222 g/mol. The minimum atomic E-state index is -0.340. The second-order valence-electron chi connectivity index (χ2n) is 4.63. The number of aromatic amines is 2. The van der Waals surface area contributed by atoms with E-state index >= 15 is 0 Å². The van der Waals surface area contributed by atoms with Crippen LogP contribution in [-0.2, 0) is 11.3 Å². The topological polar surface area (TPSA) is 90.6 Å². The van der Waals surface area contributed by atoms with Gasteiger partial charge < -0.3 is 5.32 Å². The molecule has 0 bridgehead atoms. The fourth-order valence-electron chi connectivity index (χ4n) is 2.89. The Morgan fingerprint density at radius 1 is 1.44 bits per heavy atom. The normalized spacial score (nSPS) is 31.1. The van der Waals surface area contributed by atoms with E-state index in [9.17, 15) is 9.59 Å². The molecule has 2 fully saturated rings. The van der Waals surface area contributed by atoms with E-state index in [2.05, 4.69) is 20.5 Å². The summed E-state index contributed by atoms with van der Waals surface area (Å²) < 4.78 is 0. The molecule has 86 valence electrons. The molecule has 0 aliphatic heterocycles.